The molecule has 0 spiro atoms. The van der Waals surface area contributed by atoms with Crippen molar-refractivity contribution in [3.05, 3.63) is 64.4 Å². The zero-order chi connectivity index (χ0) is 18.3. The molecule has 0 saturated carbocycles. The number of hydrogen-bond donors (Lipinski definition) is 2. The number of nitrogens with one attached hydrogen (secondary N) is 2. The molecule has 0 saturated heterocycles. The minimum absolute atomic E-state index is 0.00416. The third-order valence-electron chi connectivity index (χ3n) is 3.39. The first-order valence-electron chi connectivity index (χ1n) is 7.63. The monoisotopic (exact) mass is 428 g/mol. The van der Waals surface area contributed by atoms with Crippen LogP contribution in [0.5, 0.6) is 0 Å². The van der Waals surface area contributed by atoms with E-state index >= 15 is 0 Å². The van der Waals surface area contributed by atoms with Crippen LogP contribution in [0.4, 0.5) is 4.39 Å². The van der Waals surface area contributed by atoms with Gasteiger partial charge in [0.2, 0.25) is 15.9 Å². The standard InChI is InChI=1S/C17H18BrFN2O3S/c18-14-4-6-16(7-5-14)25(23,24)21-11-9-17(22)20-10-8-13-2-1-3-15(19)12-13/h1-7,12,21H,8-11H2,(H,20,22). The van der Waals surface area contributed by atoms with Gasteiger partial charge in [0.05, 0.1) is 4.90 Å². The first-order chi connectivity index (χ1) is 11.9. The summed E-state index contributed by atoms with van der Waals surface area (Å²) < 4.78 is 40.3. The predicted octanol–water partition coefficient (Wildman–Crippen LogP) is 2.62. The molecule has 2 N–H and O–H groups in total. The Morgan fingerprint density at radius 1 is 1.08 bits per heavy atom. The summed E-state index contributed by atoms with van der Waals surface area (Å²) in [5.74, 6) is -0.582. The molecule has 0 aliphatic heterocycles. The molecule has 0 radical (unpaired) electrons. The molecule has 2 aromatic rings. The molecule has 8 heteroatoms. The molecular weight excluding hydrogens is 411 g/mol. The van der Waals surface area contributed by atoms with Crippen molar-refractivity contribution >= 4 is 31.9 Å². The number of halogens is 2. The second-order valence-corrected chi connectivity index (χ2v) is 8.01. The Labute approximate surface area is 154 Å². The molecule has 0 fully saturated rings. The number of carbonyl (C=O) groups is 1. The predicted molar refractivity (Wildman–Crippen MR) is 97.1 cm³/mol. The Bertz CT molecular complexity index is 826. The fourth-order valence-corrected chi connectivity index (χ4v) is 3.42. The van der Waals surface area contributed by atoms with Crippen molar-refractivity contribution in [1.29, 1.82) is 0 Å². The molecule has 0 aliphatic rings. The molecule has 0 atom stereocenters. The van der Waals surface area contributed by atoms with E-state index in [1.54, 1.807) is 24.3 Å². The smallest absolute Gasteiger partial charge is 0.240 e. The van der Waals surface area contributed by atoms with Crippen LogP contribution in [0.1, 0.15) is 12.0 Å². The molecule has 2 aromatic carbocycles. The summed E-state index contributed by atoms with van der Waals surface area (Å²) in [4.78, 5) is 11.9. The van der Waals surface area contributed by atoms with E-state index in [4.69, 9.17) is 0 Å². The van der Waals surface area contributed by atoms with Gasteiger partial charge in [0.15, 0.2) is 0 Å². The molecule has 0 bridgehead atoms. The number of carbonyl (C=O) groups excluding carboxylic acids is 1. The van der Waals surface area contributed by atoms with E-state index in [1.807, 2.05) is 0 Å². The van der Waals surface area contributed by atoms with Crippen molar-refractivity contribution < 1.29 is 17.6 Å². The average molecular weight is 429 g/mol. The Balaban J connectivity index is 1.72. The van der Waals surface area contributed by atoms with Crippen LogP contribution < -0.4 is 10.0 Å². The molecule has 5 nitrogen and oxygen atoms in total. The van der Waals surface area contributed by atoms with E-state index in [0.717, 1.165) is 10.0 Å². The Kier molecular flexibility index (Phi) is 7.10. The van der Waals surface area contributed by atoms with Crippen LogP contribution in [0.3, 0.4) is 0 Å². The first kappa shape index (κ1) is 19.6. The van der Waals surface area contributed by atoms with Crippen molar-refractivity contribution in [2.24, 2.45) is 0 Å². The second-order valence-electron chi connectivity index (χ2n) is 5.33. The summed E-state index contributed by atoms with van der Waals surface area (Å²) in [6, 6.07) is 12.4. The van der Waals surface area contributed by atoms with E-state index < -0.39 is 10.0 Å². The van der Waals surface area contributed by atoms with Gasteiger partial charge in [0, 0.05) is 24.0 Å². The summed E-state index contributed by atoms with van der Waals surface area (Å²) in [6.07, 6.45) is 0.535. The highest BCUT2D eigenvalue weighted by molar-refractivity contribution is 9.10. The normalized spacial score (nSPS) is 11.3. The fourth-order valence-electron chi connectivity index (χ4n) is 2.12. The van der Waals surface area contributed by atoms with Crippen LogP contribution in [-0.4, -0.2) is 27.4 Å². The van der Waals surface area contributed by atoms with Gasteiger partial charge < -0.3 is 5.32 Å². The first-order valence-corrected chi connectivity index (χ1v) is 9.91. The van der Waals surface area contributed by atoms with Crippen molar-refractivity contribution in [1.82, 2.24) is 10.0 Å². The van der Waals surface area contributed by atoms with Crippen molar-refractivity contribution in [3.63, 3.8) is 0 Å². The van der Waals surface area contributed by atoms with Crippen LogP contribution in [0.2, 0.25) is 0 Å². The van der Waals surface area contributed by atoms with Gasteiger partial charge in [-0.2, -0.15) is 0 Å². The van der Waals surface area contributed by atoms with E-state index in [2.05, 4.69) is 26.0 Å². The molecular formula is C17H18BrFN2O3S. The van der Waals surface area contributed by atoms with E-state index in [1.165, 1.54) is 24.3 Å². The Hall–Kier alpha value is -1.77. The van der Waals surface area contributed by atoms with E-state index in [0.29, 0.717) is 13.0 Å². The van der Waals surface area contributed by atoms with Crippen LogP contribution in [0, 0.1) is 5.82 Å². The van der Waals surface area contributed by atoms with Crippen LogP contribution >= 0.6 is 15.9 Å². The topological polar surface area (TPSA) is 75.3 Å². The Morgan fingerprint density at radius 2 is 1.80 bits per heavy atom. The third kappa shape index (κ3) is 6.56. The van der Waals surface area contributed by atoms with Crippen LogP contribution in [0.15, 0.2) is 57.9 Å². The van der Waals surface area contributed by atoms with Gasteiger partial charge in [-0.3, -0.25) is 4.79 Å². The molecule has 25 heavy (non-hydrogen) atoms. The minimum atomic E-state index is -3.63. The Morgan fingerprint density at radius 3 is 2.48 bits per heavy atom. The molecule has 0 unspecified atom stereocenters. The lowest BCUT2D eigenvalue weighted by molar-refractivity contribution is -0.120. The number of benzene rings is 2. The van der Waals surface area contributed by atoms with Crippen molar-refractivity contribution in [2.45, 2.75) is 17.7 Å². The van der Waals surface area contributed by atoms with Gasteiger partial charge in [0.1, 0.15) is 5.82 Å². The maximum Gasteiger partial charge on any atom is 0.240 e. The van der Waals surface area contributed by atoms with E-state index in [-0.39, 0.29) is 29.6 Å². The van der Waals surface area contributed by atoms with Gasteiger partial charge in [0.25, 0.3) is 0 Å². The summed E-state index contributed by atoms with van der Waals surface area (Å²) in [5.41, 5.74) is 0.788. The molecule has 0 aliphatic carbocycles. The summed E-state index contributed by atoms with van der Waals surface area (Å²) >= 11 is 3.24. The fraction of sp³-hybridized carbons (Fsp3) is 0.235. The maximum atomic E-state index is 13.0. The number of rotatable bonds is 8. The molecule has 2 rings (SSSR count). The van der Waals surface area contributed by atoms with Crippen molar-refractivity contribution in [2.75, 3.05) is 13.1 Å². The van der Waals surface area contributed by atoms with Gasteiger partial charge in [-0.1, -0.05) is 28.1 Å². The third-order valence-corrected chi connectivity index (χ3v) is 5.40. The van der Waals surface area contributed by atoms with E-state index in [9.17, 15) is 17.6 Å². The number of sulfonamides is 1. The second kappa shape index (κ2) is 9.07. The highest BCUT2D eigenvalue weighted by atomic mass is 79.9. The average Bonchev–Trinajstić information content (AvgIpc) is 2.55. The van der Waals surface area contributed by atoms with Crippen molar-refractivity contribution in [3.8, 4) is 0 Å². The lowest BCUT2D eigenvalue weighted by Crippen LogP contribution is -2.31. The van der Waals surface area contributed by atoms with Gasteiger partial charge in [-0.25, -0.2) is 17.5 Å². The summed E-state index contributed by atoms with van der Waals surface area (Å²) in [5, 5.41) is 2.68. The number of hydrogen-bond acceptors (Lipinski definition) is 3. The lowest BCUT2D eigenvalue weighted by Gasteiger charge is -2.08. The molecule has 0 heterocycles. The number of amides is 1. The van der Waals surface area contributed by atoms with Crippen LogP contribution in [-0.2, 0) is 21.2 Å². The highest BCUT2D eigenvalue weighted by Crippen LogP contribution is 2.14. The largest absolute Gasteiger partial charge is 0.356 e. The zero-order valence-electron chi connectivity index (χ0n) is 13.3. The lowest BCUT2D eigenvalue weighted by atomic mass is 10.1. The van der Waals surface area contributed by atoms with Gasteiger partial charge >= 0.3 is 0 Å². The quantitative estimate of drug-likeness (QED) is 0.678. The summed E-state index contributed by atoms with van der Waals surface area (Å²) in [6.45, 7) is 0.367. The molecule has 0 aromatic heterocycles. The molecule has 134 valence electrons. The summed E-state index contributed by atoms with van der Waals surface area (Å²) in [7, 11) is -3.63. The zero-order valence-corrected chi connectivity index (χ0v) is 15.7. The SMILES string of the molecule is O=C(CCNS(=O)(=O)c1ccc(Br)cc1)NCCc1cccc(F)c1. The highest BCUT2D eigenvalue weighted by Gasteiger charge is 2.13. The molecule has 1 amide bonds. The van der Waals surface area contributed by atoms with Gasteiger partial charge in [-0.05, 0) is 48.4 Å². The van der Waals surface area contributed by atoms with Gasteiger partial charge in [-0.15, -0.1) is 0 Å². The maximum absolute atomic E-state index is 13.0. The van der Waals surface area contributed by atoms with Crippen LogP contribution in [0.25, 0.3) is 0 Å². The minimum Gasteiger partial charge on any atom is -0.356 e.